The van der Waals surface area contributed by atoms with Gasteiger partial charge in [-0.05, 0) is 43.4 Å². The Morgan fingerprint density at radius 3 is 2.55 bits per heavy atom. The summed E-state index contributed by atoms with van der Waals surface area (Å²) in [5.41, 5.74) is 0.684. The molecule has 0 aliphatic rings. The van der Waals surface area contributed by atoms with E-state index in [1.54, 1.807) is 19.1 Å². The Hall–Kier alpha value is -1.60. The third-order valence-corrected chi connectivity index (χ3v) is 4.19. The molecule has 7 heteroatoms. The number of benzene rings is 1. The Morgan fingerprint density at radius 2 is 1.95 bits per heavy atom. The van der Waals surface area contributed by atoms with Gasteiger partial charge in [0.2, 0.25) is 10.0 Å². The number of amides is 2. The summed E-state index contributed by atoms with van der Waals surface area (Å²) in [6.45, 7) is 6.69. The molecule has 1 unspecified atom stereocenters. The molecule has 0 spiro atoms. The highest BCUT2D eigenvalue weighted by molar-refractivity contribution is 7.89. The molecular formula is C15H25N3O3S. The lowest BCUT2D eigenvalue weighted by Crippen LogP contribution is -2.37. The van der Waals surface area contributed by atoms with E-state index in [-0.39, 0.29) is 17.0 Å². The molecule has 0 fully saturated rings. The van der Waals surface area contributed by atoms with Crippen LogP contribution in [0, 0.1) is 5.92 Å². The molecule has 6 nitrogen and oxygen atoms in total. The summed E-state index contributed by atoms with van der Waals surface area (Å²) in [4.78, 5) is 11.8. The van der Waals surface area contributed by atoms with Crippen LogP contribution in [0.5, 0.6) is 0 Å². The van der Waals surface area contributed by atoms with E-state index >= 15 is 0 Å². The van der Waals surface area contributed by atoms with E-state index in [1.165, 1.54) is 12.1 Å². The summed E-state index contributed by atoms with van der Waals surface area (Å²) in [6, 6.07) is 5.67. The van der Waals surface area contributed by atoms with Crippen molar-refractivity contribution in [3.8, 4) is 0 Å². The molecular weight excluding hydrogens is 302 g/mol. The van der Waals surface area contributed by atoms with E-state index in [4.69, 9.17) is 5.14 Å². The quantitative estimate of drug-likeness (QED) is 0.669. The molecule has 124 valence electrons. The third-order valence-electron chi connectivity index (χ3n) is 3.28. The maximum atomic E-state index is 11.8. The molecule has 0 saturated carbocycles. The molecule has 0 bridgehead atoms. The van der Waals surface area contributed by atoms with Gasteiger partial charge in [-0.3, -0.25) is 0 Å². The van der Waals surface area contributed by atoms with E-state index < -0.39 is 10.0 Å². The van der Waals surface area contributed by atoms with Crippen molar-refractivity contribution in [3.63, 3.8) is 0 Å². The first-order chi connectivity index (χ1) is 10.2. The van der Waals surface area contributed by atoms with Gasteiger partial charge in [0, 0.05) is 6.54 Å². The predicted octanol–water partition coefficient (Wildman–Crippen LogP) is 2.13. The molecule has 0 saturated heterocycles. The van der Waals surface area contributed by atoms with Crippen LogP contribution in [0.4, 0.5) is 4.79 Å². The molecule has 0 aromatic heterocycles. The fraction of sp³-hybridized carbons (Fsp3) is 0.533. The minimum atomic E-state index is -3.74. The lowest BCUT2D eigenvalue weighted by Gasteiger charge is -2.16. The molecule has 0 heterocycles. The largest absolute Gasteiger partial charge is 0.338 e. The fourth-order valence-electron chi connectivity index (χ4n) is 2.00. The van der Waals surface area contributed by atoms with Crippen LogP contribution in [-0.2, 0) is 10.0 Å². The zero-order chi connectivity index (χ0) is 16.8. The molecule has 1 atom stereocenters. The van der Waals surface area contributed by atoms with Crippen molar-refractivity contribution in [1.82, 2.24) is 10.6 Å². The number of sulfonamides is 1. The van der Waals surface area contributed by atoms with E-state index in [0.29, 0.717) is 18.0 Å². The third kappa shape index (κ3) is 6.44. The number of nitrogens with one attached hydrogen (secondary N) is 2. The monoisotopic (exact) mass is 327 g/mol. The van der Waals surface area contributed by atoms with Crippen LogP contribution in [0.15, 0.2) is 29.2 Å². The lowest BCUT2D eigenvalue weighted by molar-refractivity contribution is 0.237. The second-order valence-corrected chi connectivity index (χ2v) is 7.34. The first kappa shape index (κ1) is 18.4. The van der Waals surface area contributed by atoms with Crippen LogP contribution < -0.4 is 15.8 Å². The summed E-state index contributed by atoms with van der Waals surface area (Å²) in [7, 11) is -3.74. The first-order valence-electron chi connectivity index (χ1n) is 7.37. The van der Waals surface area contributed by atoms with Crippen molar-refractivity contribution in [3.05, 3.63) is 29.8 Å². The number of carbonyl (C=O) groups excluding carboxylic acids is 1. The van der Waals surface area contributed by atoms with Crippen LogP contribution in [-0.4, -0.2) is 21.0 Å². The maximum absolute atomic E-state index is 11.8. The highest BCUT2D eigenvalue weighted by Crippen LogP contribution is 2.16. The van der Waals surface area contributed by atoms with Gasteiger partial charge in [-0.25, -0.2) is 18.4 Å². The standard InChI is InChI=1S/C15H25N3O3S/c1-11(2)6-5-9-17-15(19)18-12(3)13-7-4-8-14(10-13)22(16,20)21/h4,7-8,10-12H,5-6,9H2,1-3H3,(H2,16,20,21)(H2,17,18,19). The number of rotatable bonds is 7. The number of carbonyl (C=O) groups is 1. The van der Waals surface area contributed by atoms with Gasteiger partial charge in [0.25, 0.3) is 0 Å². The maximum Gasteiger partial charge on any atom is 0.315 e. The smallest absolute Gasteiger partial charge is 0.315 e. The Morgan fingerprint density at radius 1 is 1.27 bits per heavy atom. The topological polar surface area (TPSA) is 101 Å². The van der Waals surface area contributed by atoms with E-state index in [1.807, 2.05) is 0 Å². The summed E-state index contributed by atoms with van der Waals surface area (Å²) < 4.78 is 22.7. The molecule has 0 aliphatic carbocycles. The molecule has 4 N–H and O–H groups in total. The summed E-state index contributed by atoms with van der Waals surface area (Å²) in [5.74, 6) is 0.615. The summed E-state index contributed by atoms with van der Waals surface area (Å²) in [5, 5.41) is 10.7. The number of primary sulfonamides is 1. The molecule has 1 aromatic carbocycles. The second-order valence-electron chi connectivity index (χ2n) is 5.78. The van der Waals surface area contributed by atoms with Gasteiger partial charge in [0.05, 0.1) is 10.9 Å². The van der Waals surface area contributed by atoms with Crippen LogP contribution in [0.3, 0.4) is 0 Å². The van der Waals surface area contributed by atoms with Gasteiger partial charge in [-0.1, -0.05) is 26.0 Å². The minimum Gasteiger partial charge on any atom is -0.338 e. The minimum absolute atomic E-state index is 0.0380. The molecule has 1 aromatic rings. The van der Waals surface area contributed by atoms with Gasteiger partial charge in [0.15, 0.2) is 0 Å². The molecule has 0 aliphatic heterocycles. The summed E-state index contributed by atoms with van der Waals surface area (Å²) in [6.07, 6.45) is 1.99. The van der Waals surface area contributed by atoms with E-state index in [9.17, 15) is 13.2 Å². The number of nitrogens with two attached hydrogens (primary N) is 1. The molecule has 0 radical (unpaired) electrons. The normalized spacial score (nSPS) is 13.0. The number of urea groups is 1. The SMILES string of the molecule is CC(C)CCCNC(=O)NC(C)c1cccc(S(N)(=O)=O)c1. The van der Waals surface area contributed by atoms with Gasteiger partial charge in [-0.2, -0.15) is 0 Å². The van der Waals surface area contributed by atoms with Crippen molar-refractivity contribution in [2.24, 2.45) is 11.1 Å². The number of hydrogen-bond acceptors (Lipinski definition) is 3. The Kier molecular flexibility index (Phi) is 6.83. The second kappa shape index (κ2) is 8.14. The summed E-state index contributed by atoms with van der Waals surface area (Å²) >= 11 is 0. The Bertz CT molecular complexity index is 600. The zero-order valence-electron chi connectivity index (χ0n) is 13.3. The van der Waals surface area contributed by atoms with Crippen LogP contribution >= 0.6 is 0 Å². The Balaban J connectivity index is 2.54. The van der Waals surface area contributed by atoms with Gasteiger partial charge < -0.3 is 10.6 Å². The van der Waals surface area contributed by atoms with E-state index in [2.05, 4.69) is 24.5 Å². The molecule has 2 amide bonds. The zero-order valence-corrected chi connectivity index (χ0v) is 14.1. The highest BCUT2D eigenvalue weighted by atomic mass is 32.2. The molecule has 22 heavy (non-hydrogen) atoms. The average Bonchev–Trinajstić information content (AvgIpc) is 2.42. The average molecular weight is 327 g/mol. The highest BCUT2D eigenvalue weighted by Gasteiger charge is 2.13. The van der Waals surface area contributed by atoms with Crippen molar-refractivity contribution in [2.45, 2.75) is 44.6 Å². The van der Waals surface area contributed by atoms with Crippen LogP contribution in [0.25, 0.3) is 0 Å². The lowest BCUT2D eigenvalue weighted by atomic mass is 10.1. The van der Waals surface area contributed by atoms with Crippen LogP contribution in [0.2, 0.25) is 0 Å². The fourth-order valence-corrected chi connectivity index (χ4v) is 2.57. The first-order valence-corrected chi connectivity index (χ1v) is 8.92. The Labute approximate surface area is 132 Å². The van der Waals surface area contributed by atoms with Crippen molar-refractivity contribution >= 4 is 16.1 Å². The molecule has 1 rings (SSSR count). The van der Waals surface area contributed by atoms with Gasteiger partial charge in [0.1, 0.15) is 0 Å². The van der Waals surface area contributed by atoms with E-state index in [0.717, 1.165) is 12.8 Å². The van der Waals surface area contributed by atoms with Gasteiger partial charge >= 0.3 is 6.03 Å². The van der Waals surface area contributed by atoms with Crippen molar-refractivity contribution < 1.29 is 13.2 Å². The van der Waals surface area contributed by atoms with Crippen molar-refractivity contribution in [2.75, 3.05) is 6.54 Å². The number of hydrogen-bond donors (Lipinski definition) is 3. The van der Waals surface area contributed by atoms with Gasteiger partial charge in [-0.15, -0.1) is 0 Å². The van der Waals surface area contributed by atoms with Crippen LogP contribution in [0.1, 0.15) is 45.2 Å². The van der Waals surface area contributed by atoms with Crippen molar-refractivity contribution in [1.29, 1.82) is 0 Å². The predicted molar refractivity (Wildman–Crippen MR) is 86.8 cm³/mol.